The molecule has 0 N–H and O–H groups in total. The molecule has 0 aliphatic carbocycles. The van der Waals surface area contributed by atoms with Crippen molar-refractivity contribution >= 4 is 11.9 Å². The molecule has 2 atom stereocenters. The normalized spacial score (nSPS) is 13.1. The fourth-order valence-corrected chi connectivity index (χ4v) is 1.90. The van der Waals surface area contributed by atoms with E-state index in [4.69, 9.17) is 9.47 Å². The van der Waals surface area contributed by atoms with Crippen LogP contribution in [0.5, 0.6) is 0 Å². The monoisotopic (exact) mass is 282 g/mol. The number of carbonyl (C=O) groups excluding carboxylic acids is 2. The number of unbranched alkanes of at least 4 members (excludes halogenated alkanes) is 3. The molecule has 4 nitrogen and oxygen atoms in total. The lowest BCUT2D eigenvalue weighted by Crippen LogP contribution is -2.24. The standard InChI is InChI=1S/C16H26O4/c1-5-8-9-10-11-14(20-16(18)7-3)12-13(4)19-15(17)6-2/h6-7,13-14H,2-3,5,8-12H2,1,4H3. The second kappa shape index (κ2) is 11.3. The number of rotatable bonds is 11. The highest BCUT2D eigenvalue weighted by molar-refractivity contribution is 5.81. The minimum Gasteiger partial charge on any atom is -0.459 e. The Balaban J connectivity index is 4.27. The molecule has 0 aromatic carbocycles. The molecular weight excluding hydrogens is 256 g/mol. The first kappa shape index (κ1) is 18.4. The minimum atomic E-state index is -0.461. The van der Waals surface area contributed by atoms with Gasteiger partial charge in [0.1, 0.15) is 12.2 Å². The lowest BCUT2D eigenvalue weighted by atomic mass is 10.0. The van der Waals surface area contributed by atoms with Crippen LogP contribution >= 0.6 is 0 Å². The van der Waals surface area contributed by atoms with Crippen LogP contribution in [0.15, 0.2) is 25.3 Å². The quantitative estimate of drug-likeness (QED) is 0.330. The van der Waals surface area contributed by atoms with Crippen molar-refractivity contribution in [3.8, 4) is 0 Å². The van der Waals surface area contributed by atoms with Crippen LogP contribution in [-0.4, -0.2) is 24.1 Å². The van der Waals surface area contributed by atoms with Crippen molar-refractivity contribution in [3.05, 3.63) is 25.3 Å². The molecule has 0 aliphatic rings. The first-order valence-corrected chi connectivity index (χ1v) is 7.19. The smallest absolute Gasteiger partial charge is 0.330 e. The lowest BCUT2D eigenvalue weighted by Gasteiger charge is -2.20. The molecule has 4 heteroatoms. The fraction of sp³-hybridized carbons (Fsp3) is 0.625. The van der Waals surface area contributed by atoms with E-state index in [1.165, 1.54) is 6.42 Å². The van der Waals surface area contributed by atoms with Gasteiger partial charge in [0, 0.05) is 18.6 Å². The predicted octanol–water partition coefficient (Wildman–Crippen LogP) is 3.56. The van der Waals surface area contributed by atoms with Crippen molar-refractivity contribution in [2.45, 2.75) is 64.6 Å². The van der Waals surface area contributed by atoms with E-state index in [9.17, 15) is 9.59 Å². The maximum absolute atomic E-state index is 11.3. The topological polar surface area (TPSA) is 52.6 Å². The molecule has 20 heavy (non-hydrogen) atoms. The Morgan fingerprint density at radius 1 is 1.05 bits per heavy atom. The third-order valence-electron chi connectivity index (χ3n) is 2.91. The van der Waals surface area contributed by atoms with Gasteiger partial charge in [0.05, 0.1) is 0 Å². The molecule has 0 amide bonds. The van der Waals surface area contributed by atoms with Gasteiger partial charge in [-0.3, -0.25) is 0 Å². The zero-order valence-electron chi connectivity index (χ0n) is 12.6. The van der Waals surface area contributed by atoms with Crippen LogP contribution < -0.4 is 0 Å². The zero-order valence-corrected chi connectivity index (χ0v) is 12.6. The Kier molecular flexibility index (Phi) is 10.4. The van der Waals surface area contributed by atoms with Crippen LogP contribution in [-0.2, 0) is 19.1 Å². The van der Waals surface area contributed by atoms with E-state index in [0.29, 0.717) is 6.42 Å². The maximum atomic E-state index is 11.3. The van der Waals surface area contributed by atoms with Gasteiger partial charge in [-0.2, -0.15) is 0 Å². The SMILES string of the molecule is C=CC(=O)OC(C)CC(CCCCCC)OC(=O)C=C. The molecule has 2 unspecified atom stereocenters. The van der Waals surface area contributed by atoms with E-state index in [2.05, 4.69) is 20.1 Å². The molecule has 0 saturated heterocycles. The third kappa shape index (κ3) is 9.36. The Bertz CT molecular complexity index is 322. The van der Waals surface area contributed by atoms with Gasteiger partial charge in [0.15, 0.2) is 0 Å². The van der Waals surface area contributed by atoms with E-state index < -0.39 is 11.9 Å². The molecule has 0 aromatic rings. The van der Waals surface area contributed by atoms with Crippen molar-refractivity contribution in [2.24, 2.45) is 0 Å². The summed E-state index contributed by atoms with van der Waals surface area (Å²) < 4.78 is 10.4. The summed E-state index contributed by atoms with van der Waals surface area (Å²) in [6.45, 7) is 10.7. The van der Waals surface area contributed by atoms with Crippen molar-refractivity contribution in [3.63, 3.8) is 0 Å². The number of carbonyl (C=O) groups is 2. The second-order valence-electron chi connectivity index (χ2n) is 4.80. The fourth-order valence-electron chi connectivity index (χ4n) is 1.90. The van der Waals surface area contributed by atoms with E-state index in [0.717, 1.165) is 37.8 Å². The number of esters is 2. The van der Waals surface area contributed by atoms with Gasteiger partial charge in [0.2, 0.25) is 0 Å². The molecule has 0 aliphatic heterocycles. The summed E-state index contributed by atoms with van der Waals surface area (Å²) in [5.74, 6) is -0.898. The highest BCUT2D eigenvalue weighted by Gasteiger charge is 2.18. The van der Waals surface area contributed by atoms with Gasteiger partial charge in [-0.05, 0) is 19.8 Å². The largest absolute Gasteiger partial charge is 0.459 e. The van der Waals surface area contributed by atoms with Crippen LogP contribution in [0.2, 0.25) is 0 Å². The molecular formula is C16H26O4. The predicted molar refractivity (Wildman–Crippen MR) is 79.2 cm³/mol. The third-order valence-corrected chi connectivity index (χ3v) is 2.91. The van der Waals surface area contributed by atoms with Gasteiger partial charge in [-0.25, -0.2) is 9.59 Å². The van der Waals surface area contributed by atoms with Crippen molar-refractivity contribution in [2.75, 3.05) is 0 Å². The van der Waals surface area contributed by atoms with Gasteiger partial charge in [0.25, 0.3) is 0 Å². The van der Waals surface area contributed by atoms with Crippen molar-refractivity contribution in [1.29, 1.82) is 0 Å². The molecule has 0 radical (unpaired) electrons. The van der Waals surface area contributed by atoms with Gasteiger partial charge >= 0.3 is 11.9 Å². The zero-order chi connectivity index (χ0) is 15.4. The summed E-state index contributed by atoms with van der Waals surface area (Å²) in [4.78, 5) is 22.4. The summed E-state index contributed by atoms with van der Waals surface area (Å²) in [5, 5.41) is 0. The summed E-state index contributed by atoms with van der Waals surface area (Å²) in [5.41, 5.74) is 0. The summed E-state index contributed by atoms with van der Waals surface area (Å²) in [7, 11) is 0. The molecule has 0 aromatic heterocycles. The highest BCUT2D eigenvalue weighted by atomic mass is 16.6. The average Bonchev–Trinajstić information content (AvgIpc) is 2.42. The van der Waals surface area contributed by atoms with E-state index >= 15 is 0 Å². The number of hydrogen-bond donors (Lipinski definition) is 0. The van der Waals surface area contributed by atoms with Gasteiger partial charge in [-0.1, -0.05) is 39.3 Å². The lowest BCUT2D eigenvalue weighted by molar-refractivity contribution is -0.148. The molecule has 0 heterocycles. The molecule has 0 saturated carbocycles. The Labute approximate surface area is 121 Å². The molecule has 0 bridgehead atoms. The minimum absolute atomic E-state index is 0.245. The number of ether oxygens (including phenoxy) is 2. The van der Waals surface area contributed by atoms with Crippen LogP contribution in [0, 0.1) is 0 Å². The van der Waals surface area contributed by atoms with Gasteiger partial charge < -0.3 is 9.47 Å². The Morgan fingerprint density at radius 2 is 1.65 bits per heavy atom. The Hall–Kier alpha value is -1.58. The van der Waals surface area contributed by atoms with Gasteiger partial charge in [-0.15, -0.1) is 0 Å². The van der Waals surface area contributed by atoms with E-state index in [-0.39, 0.29) is 12.2 Å². The summed E-state index contributed by atoms with van der Waals surface area (Å²) in [6.07, 6.45) is 7.42. The van der Waals surface area contributed by atoms with Crippen LogP contribution in [0.25, 0.3) is 0 Å². The highest BCUT2D eigenvalue weighted by Crippen LogP contribution is 2.15. The average molecular weight is 282 g/mol. The van der Waals surface area contributed by atoms with Crippen LogP contribution in [0.3, 0.4) is 0 Å². The maximum Gasteiger partial charge on any atom is 0.330 e. The van der Waals surface area contributed by atoms with E-state index in [1.54, 1.807) is 6.92 Å². The van der Waals surface area contributed by atoms with Crippen molar-refractivity contribution < 1.29 is 19.1 Å². The first-order valence-electron chi connectivity index (χ1n) is 7.19. The molecule has 0 fully saturated rings. The second-order valence-corrected chi connectivity index (χ2v) is 4.80. The van der Waals surface area contributed by atoms with Crippen molar-refractivity contribution in [1.82, 2.24) is 0 Å². The molecule has 0 rings (SSSR count). The Morgan fingerprint density at radius 3 is 2.20 bits per heavy atom. The number of hydrogen-bond acceptors (Lipinski definition) is 4. The van der Waals surface area contributed by atoms with Crippen LogP contribution in [0.4, 0.5) is 0 Å². The van der Waals surface area contributed by atoms with E-state index in [1.807, 2.05) is 0 Å². The molecule has 0 spiro atoms. The summed E-state index contributed by atoms with van der Waals surface area (Å²) >= 11 is 0. The first-order chi connectivity index (χ1) is 9.53. The molecule has 114 valence electrons. The summed E-state index contributed by atoms with van der Waals surface area (Å²) in [6, 6.07) is 0. The van der Waals surface area contributed by atoms with Crippen LogP contribution in [0.1, 0.15) is 52.4 Å².